The number of aromatic nitrogens is 2. The van der Waals surface area contributed by atoms with E-state index in [1.54, 1.807) is 23.0 Å². The molecule has 2 N–H and O–H groups in total. The number of nitrogens with one attached hydrogen (secondary N) is 1. The second-order valence-electron chi connectivity index (χ2n) is 5.91. The lowest BCUT2D eigenvalue weighted by Crippen LogP contribution is -2.42. The second kappa shape index (κ2) is 7.68. The summed E-state index contributed by atoms with van der Waals surface area (Å²) >= 11 is 6.12. The Morgan fingerprint density at radius 3 is 2.79 bits per heavy atom. The van der Waals surface area contributed by atoms with Crippen molar-refractivity contribution < 1.29 is 9.90 Å². The predicted octanol–water partition coefficient (Wildman–Crippen LogP) is 2.25. The van der Waals surface area contributed by atoms with Crippen LogP contribution < -0.4 is 5.32 Å². The summed E-state index contributed by atoms with van der Waals surface area (Å²) in [5.74, 6) is -0.00480. The van der Waals surface area contributed by atoms with Gasteiger partial charge in [0.1, 0.15) is 0 Å². The molecule has 0 radical (unpaired) electrons. The lowest BCUT2D eigenvalue weighted by Gasteiger charge is -2.32. The monoisotopic (exact) mass is 348 g/mol. The van der Waals surface area contributed by atoms with Gasteiger partial charge in [-0.05, 0) is 25.0 Å². The molecule has 0 saturated carbocycles. The van der Waals surface area contributed by atoms with Crippen LogP contribution in [0.15, 0.2) is 36.7 Å². The molecule has 128 valence electrons. The van der Waals surface area contributed by atoms with Crippen LogP contribution in [0.3, 0.4) is 0 Å². The number of aliphatic hydroxyl groups excluding tert-OH is 1. The molecule has 6 nitrogen and oxygen atoms in total. The molecule has 2 heterocycles. The summed E-state index contributed by atoms with van der Waals surface area (Å²) in [7, 11) is 0. The van der Waals surface area contributed by atoms with Crippen LogP contribution in [0.1, 0.15) is 23.2 Å². The van der Waals surface area contributed by atoms with Crippen molar-refractivity contribution in [2.75, 3.05) is 25.0 Å². The van der Waals surface area contributed by atoms with E-state index in [2.05, 4.69) is 10.4 Å². The van der Waals surface area contributed by atoms with Crippen molar-refractivity contribution >= 4 is 23.2 Å². The lowest BCUT2D eigenvalue weighted by molar-refractivity contribution is 0.0718. The maximum absolute atomic E-state index is 12.5. The number of halogens is 1. The normalized spacial score (nSPS) is 15.5. The third-order valence-electron chi connectivity index (χ3n) is 4.22. The van der Waals surface area contributed by atoms with E-state index in [9.17, 15) is 4.79 Å². The molecule has 0 atom stereocenters. The fraction of sp³-hybridized carbons (Fsp3) is 0.412. The zero-order chi connectivity index (χ0) is 16.9. The van der Waals surface area contributed by atoms with E-state index in [0.29, 0.717) is 36.3 Å². The summed E-state index contributed by atoms with van der Waals surface area (Å²) in [6.07, 6.45) is 5.40. The molecular weight excluding hydrogens is 328 g/mol. The number of amides is 1. The summed E-state index contributed by atoms with van der Waals surface area (Å²) in [5, 5.41) is 17.0. The Balaban J connectivity index is 1.53. The number of rotatable bonds is 5. The first-order valence-corrected chi connectivity index (χ1v) is 8.49. The van der Waals surface area contributed by atoms with E-state index >= 15 is 0 Å². The Hall–Kier alpha value is -2.05. The molecule has 24 heavy (non-hydrogen) atoms. The summed E-state index contributed by atoms with van der Waals surface area (Å²) in [5.41, 5.74) is 1.51. The van der Waals surface area contributed by atoms with Gasteiger partial charge in [-0.3, -0.25) is 9.48 Å². The van der Waals surface area contributed by atoms with Crippen molar-refractivity contribution in [1.29, 1.82) is 0 Å². The van der Waals surface area contributed by atoms with E-state index < -0.39 is 0 Å². The molecule has 1 aliphatic heterocycles. The quantitative estimate of drug-likeness (QED) is 0.869. The van der Waals surface area contributed by atoms with Gasteiger partial charge in [-0.1, -0.05) is 23.7 Å². The maximum atomic E-state index is 12.5. The van der Waals surface area contributed by atoms with Crippen molar-refractivity contribution in [3.63, 3.8) is 0 Å². The van der Waals surface area contributed by atoms with Gasteiger partial charge in [0, 0.05) is 25.3 Å². The van der Waals surface area contributed by atoms with Crippen LogP contribution in [0, 0.1) is 0 Å². The van der Waals surface area contributed by atoms with Crippen molar-refractivity contribution in [2.24, 2.45) is 0 Å². The highest BCUT2D eigenvalue weighted by molar-refractivity contribution is 6.33. The zero-order valence-corrected chi connectivity index (χ0v) is 14.1. The van der Waals surface area contributed by atoms with Gasteiger partial charge in [0.05, 0.1) is 35.6 Å². The Kier molecular flexibility index (Phi) is 5.37. The number of carbonyl (C=O) groups excluding carboxylic acids is 1. The third kappa shape index (κ3) is 3.88. The average Bonchev–Trinajstić information content (AvgIpc) is 3.03. The van der Waals surface area contributed by atoms with Crippen LogP contribution in [-0.2, 0) is 6.54 Å². The summed E-state index contributed by atoms with van der Waals surface area (Å²) in [6, 6.07) is 7.48. The van der Waals surface area contributed by atoms with Gasteiger partial charge in [-0.25, -0.2) is 0 Å². The smallest absolute Gasteiger partial charge is 0.255 e. The maximum Gasteiger partial charge on any atom is 0.255 e. The minimum absolute atomic E-state index is 0.00480. The van der Waals surface area contributed by atoms with E-state index in [-0.39, 0.29) is 12.5 Å². The topological polar surface area (TPSA) is 70.4 Å². The molecule has 0 spiro atoms. The first-order valence-electron chi connectivity index (χ1n) is 8.11. The standard InChI is InChI=1S/C17H21ClN4O2/c18-16-4-2-1-3-15(16)17(24)21-7-5-13(6-8-21)20-14-11-19-22(12-14)9-10-23/h1-4,11-13,20,23H,5-10H2. The Labute approximate surface area is 146 Å². The fourth-order valence-electron chi connectivity index (χ4n) is 2.93. The number of carbonyl (C=O) groups is 1. The molecule has 1 aromatic carbocycles. The molecule has 0 aliphatic carbocycles. The van der Waals surface area contributed by atoms with Crippen LogP contribution >= 0.6 is 11.6 Å². The minimum Gasteiger partial charge on any atom is -0.394 e. The predicted molar refractivity (Wildman–Crippen MR) is 93.3 cm³/mol. The number of hydrogen-bond donors (Lipinski definition) is 2. The van der Waals surface area contributed by atoms with Gasteiger partial charge in [0.15, 0.2) is 0 Å². The average molecular weight is 349 g/mol. The fourth-order valence-corrected chi connectivity index (χ4v) is 3.15. The molecule has 1 saturated heterocycles. The molecule has 1 amide bonds. The molecule has 2 aromatic rings. The number of benzene rings is 1. The molecule has 1 fully saturated rings. The lowest BCUT2D eigenvalue weighted by atomic mass is 10.0. The van der Waals surface area contributed by atoms with E-state index in [1.165, 1.54) is 0 Å². The summed E-state index contributed by atoms with van der Waals surface area (Å²) in [6.45, 7) is 1.97. The third-order valence-corrected chi connectivity index (χ3v) is 4.55. The number of piperidine rings is 1. The molecular formula is C17H21ClN4O2. The van der Waals surface area contributed by atoms with Gasteiger partial charge >= 0.3 is 0 Å². The Morgan fingerprint density at radius 2 is 2.08 bits per heavy atom. The highest BCUT2D eigenvalue weighted by Crippen LogP contribution is 2.21. The molecule has 0 bridgehead atoms. The van der Waals surface area contributed by atoms with Gasteiger partial charge in [-0.2, -0.15) is 5.10 Å². The van der Waals surface area contributed by atoms with E-state index in [1.807, 2.05) is 23.2 Å². The van der Waals surface area contributed by atoms with Crippen LogP contribution in [0.2, 0.25) is 5.02 Å². The number of aliphatic hydroxyl groups is 1. The molecule has 1 aliphatic rings. The molecule has 3 rings (SSSR count). The van der Waals surface area contributed by atoms with Crippen molar-refractivity contribution in [3.8, 4) is 0 Å². The van der Waals surface area contributed by atoms with Gasteiger partial charge in [0.2, 0.25) is 0 Å². The van der Waals surface area contributed by atoms with E-state index in [4.69, 9.17) is 16.7 Å². The van der Waals surface area contributed by atoms with Crippen LogP contribution in [0.4, 0.5) is 5.69 Å². The first-order chi connectivity index (χ1) is 11.7. The van der Waals surface area contributed by atoms with Crippen LogP contribution in [0.5, 0.6) is 0 Å². The molecule has 1 aromatic heterocycles. The highest BCUT2D eigenvalue weighted by Gasteiger charge is 2.24. The van der Waals surface area contributed by atoms with E-state index in [0.717, 1.165) is 18.5 Å². The second-order valence-corrected chi connectivity index (χ2v) is 6.31. The number of likely N-dealkylation sites (tertiary alicyclic amines) is 1. The zero-order valence-electron chi connectivity index (χ0n) is 13.4. The van der Waals surface area contributed by atoms with Gasteiger partial charge in [-0.15, -0.1) is 0 Å². The number of nitrogens with zero attached hydrogens (tertiary/aromatic N) is 3. The Morgan fingerprint density at radius 1 is 1.33 bits per heavy atom. The highest BCUT2D eigenvalue weighted by atomic mass is 35.5. The van der Waals surface area contributed by atoms with Gasteiger partial charge < -0.3 is 15.3 Å². The largest absolute Gasteiger partial charge is 0.394 e. The van der Waals surface area contributed by atoms with Crippen LogP contribution in [0.25, 0.3) is 0 Å². The summed E-state index contributed by atoms with van der Waals surface area (Å²) < 4.78 is 1.71. The van der Waals surface area contributed by atoms with Crippen molar-refractivity contribution in [3.05, 3.63) is 47.2 Å². The SMILES string of the molecule is O=C(c1ccccc1Cl)N1CCC(Nc2cnn(CCO)c2)CC1. The van der Waals surface area contributed by atoms with Crippen molar-refractivity contribution in [2.45, 2.75) is 25.4 Å². The molecule has 0 unspecified atom stereocenters. The molecule has 7 heteroatoms. The van der Waals surface area contributed by atoms with Crippen LogP contribution in [-0.4, -0.2) is 51.4 Å². The number of hydrogen-bond acceptors (Lipinski definition) is 4. The summed E-state index contributed by atoms with van der Waals surface area (Å²) in [4.78, 5) is 14.4. The number of anilines is 1. The Bertz CT molecular complexity index is 695. The van der Waals surface area contributed by atoms with Crippen molar-refractivity contribution in [1.82, 2.24) is 14.7 Å². The first kappa shape index (κ1) is 16.8. The minimum atomic E-state index is -0.00480. The van der Waals surface area contributed by atoms with Gasteiger partial charge in [0.25, 0.3) is 5.91 Å².